The number of esters is 1. The van der Waals surface area contributed by atoms with Crippen molar-refractivity contribution in [3.05, 3.63) is 24.8 Å². The molecule has 0 aromatic carbocycles. The Bertz CT molecular complexity index is 547. The number of unbranched alkanes of at least 4 members (excludes halogenated alkanes) is 8. The van der Waals surface area contributed by atoms with Gasteiger partial charge in [-0.25, -0.2) is 0 Å². The molecule has 0 aromatic heterocycles. The second-order valence-electron chi connectivity index (χ2n) is 8.42. The molecule has 5 nitrogen and oxygen atoms in total. The van der Waals surface area contributed by atoms with Crippen LogP contribution in [0.1, 0.15) is 77.6 Å². The number of nitrogens with zero attached hydrogens (tertiary/aromatic N) is 1. The fourth-order valence-electron chi connectivity index (χ4n) is 3.69. The van der Waals surface area contributed by atoms with E-state index in [9.17, 15) is 14.7 Å². The highest BCUT2D eigenvalue weighted by molar-refractivity contribution is 5.88. The molecule has 0 amide bonds. The summed E-state index contributed by atoms with van der Waals surface area (Å²) < 4.78 is 5.36. The molecule has 0 aliphatic carbocycles. The molecule has 1 rings (SSSR count). The maximum Gasteiger partial charge on any atom is 0.374 e. The van der Waals surface area contributed by atoms with Gasteiger partial charge >= 0.3 is 11.9 Å². The zero-order chi connectivity index (χ0) is 21.0. The highest BCUT2D eigenvalue weighted by Crippen LogP contribution is 2.34. The third kappa shape index (κ3) is 8.61. The largest absolute Gasteiger partial charge is 1.00 e. The van der Waals surface area contributed by atoms with E-state index in [-0.39, 0.29) is 35.5 Å². The average Bonchev–Trinajstić information content (AvgIpc) is 2.74. The fraction of sp³-hybridized carbons (Fsp3) is 0.739. The number of Topliss-reactive ketones (excluding diaryl/α,β-unsaturated/α-hetero) is 1. The van der Waals surface area contributed by atoms with E-state index in [1.165, 1.54) is 44.9 Å². The first-order valence-corrected chi connectivity index (χ1v) is 10.9. The van der Waals surface area contributed by atoms with Gasteiger partial charge in [0, 0.05) is 6.42 Å². The summed E-state index contributed by atoms with van der Waals surface area (Å²) >= 11 is 0. The lowest BCUT2D eigenvalue weighted by Gasteiger charge is -2.44. The van der Waals surface area contributed by atoms with Crippen molar-refractivity contribution < 1.29 is 36.3 Å². The van der Waals surface area contributed by atoms with E-state index in [0.717, 1.165) is 12.8 Å². The molecular weight excluding hydrogens is 390 g/mol. The van der Waals surface area contributed by atoms with Gasteiger partial charge in [0.15, 0.2) is 11.7 Å². The van der Waals surface area contributed by atoms with Crippen LogP contribution < -0.4 is 12.4 Å². The predicted molar refractivity (Wildman–Crippen MR) is 112 cm³/mol. The number of halogens is 1. The Morgan fingerprint density at radius 1 is 1.10 bits per heavy atom. The quantitative estimate of drug-likeness (QED) is 0.158. The summed E-state index contributed by atoms with van der Waals surface area (Å²) in [5.74, 6) is -3.46. The molecule has 0 bridgehead atoms. The van der Waals surface area contributed by atoms with Crippen molar-refractivity contribution in [1.82, 2.24) is 0 Å². The third-order valence-electron chi connectivity index (χ3n) is 5.60. The molecule has 6 heteroatoms. The number of likely N-dealkylation sites (N-methyl/N-ethyl adjacent to an activating group) is 1. The molecule has 29 heavy (non-hydrogen) atoms. The molecule has 2 atom stereocenters. The molecule has 1 N–H and O–H groups in total. The van der Waals surface area contributed by atoms with E-state index in [4.69, 9.17) is 4.74 Å². The maximum atomic E-state index is 12.6. The van der Waals surface area contributed by atoms with Crippen LogP contribution in [0.5, 0.6) is 0 Å². The standard InChI is InChI=1S/C23H40NO4.ClH/c1-5-7-8-9-10-11-12-13-14-15-16-20-21(25)17-18-22(26)28-23(20,27)24(3,4)19-6-2;/h6,15-16,20,27H,2,5,7-14,17-19H2,1,3-4H3;1H/q+1;/p-1. The van der Waals surface area contributed by atoms with Crippen LogP contribution in [0.25, 0.3) is 0 Å². The highest BCUT2D eigenvalue weighted by atomic mass is 35.5. The predicted octanol–water partition coefficient (Wildman–Crippen LogP) is 1.51. The number of hydrogen-bond donors (Lipinski definition) is 1. The van der Waals surface area contributed by atoms with Gasteiger partial charge in [-0.2, -0.15) is 0 Å². The molecule has 168 valence electrons. The maximum absolute atomic E-state index is 12.6. The van der Waals surface area contributed by atoms with Crippen molar-refractivity contribution in [2.75, 3.05) is 20.6 Å². The van der Waals surface area contributed by atoms with Gasteiger partial charge in [0.2, 0.25) is 0 Å². The van der Waals surface area contributed by atoms with E-state index in [1.807, 2.05) is 6.08 Å². The summed E-state index contributed by atoms with van der Waals surface area (Å²) in [6.07, 6.45) is 16.3. The second kappa shape index (κ2) is 13.9. The van der Waals surface area contributed by atoms with Gasteiger partial charge in [-0.3, -0.25) is 14.1 Å². The molecule has 1 fully saturated rings. The molecule has 2 unspecified atom stereocenters. The topological polar surface area (TPSA) is 63.6 Å². The smallest absolute Gasteiger partial charge is 0.374 e. The Balaban J connectivity index is 0.00000784. The van der Waals surface area contributed by atoms with Crippen LogP contribution in [0.3, 0.4) is 0 Å². The van der Waals surface area contributed by atoms with Gasteiger partial charge < -0.3 is 22.3 Å². The number of cyclic esters (lactones) is 1. The van der Waals surface area contributed by atoms with Gasteiger partial charge in [0.25, 0.3) is 0 Å². The van der Waals surface area contributed by atoms with Crippen LogP contribution in [0.2, 0.25) is 0 Å². The summed E-state index contributed by atoms with van der Waals surface area (Å²) in [6.45, 7) is 6.32. The first-order valence-electron chi connectivity index (χ1n) is 10.9. The van der Waals surface area contributed by atoms with Crippen molar-refractivity contribution in [3.8, 4) is 0 Å². The molecule has 0 saturated carbocycles. The van der Waals surface area contributed by atoms with Crippen LogP contribution in [-0.2, 0) is 14.3 Å². The Kier molecular flexibility index (Phi) is 13.4. The number of carbonyl (C=O) groups excluding carboxylic acids is 2. The van der Waals surface area contributed by atoms with Gasteiger partial charge in [-0.15, -0.1) is 0 Å². The van der Waals surface area contributed by atoms with E-state index >= 15 is 0 Å². The average molecular weight is 430 g/mol. The molecule has 0 spiro atoms. The summed E-state index contributed by atoms with van der Waals surface area (Å²) in [5.41, 5.74) is 0. The first kappa shape index (κ1) is 27.8. The molecule has 0 radical (unpaired) electrons. The van der Waals surface area contributed by atoms with Crippen molar-refractivity contribution in [3.63, 3.8) is 0 Å². The second-order valence-corrected chi connectivity index (χ2v) is 8.42. The lowest BCUT2D eigenvalue weighted by Crippen LogP contribution is -3.00. The summed E-state index contributed by atoms with van der Waals surface area (Å²) in [6, 6.07) is 0. The normalized spacial score (nSPS) is 22.8. The molecule has 1 aliphatic heterocycles. The van der Waals surface area contributed by atoms with Gasteiger partial charge in [0.1, 0.15) is 6.54 Å². The zero-order valence-corrected chi connectivity index (χ0v) is 19.3. The minimum Gasteiger partial charge on any atom is -1.00 e. The van der Waals surface area contributed by atoms with Crippen LogP contribution in [0.15, 0.2) is 24.8 Å². The van der Waals surface area contributed by atoms with E-state index in [2.05, 4.69) is 13.5 Å². The Labute approximate surface area is 183 Å². The van der Waals surface area contributed by atoms with Crippen LogP contribution in [0, 0.1) is 5.92 Å². The van der Waals surface area contributed by atoms with Crippen LogP contribution in [-0.4, -0.2) is 47.9 Å². The molecular formula is C23H40ClNO4. The monoisotopic (exact) mass is 429 g/mol. The minimum atomic E-state index is -1.91. The van der Waals surface area contributed by atoms with E-state index in [0.29, 0.717) is 6.54 Å². The first-order chi connectivity index (χ1) is 13.3. The fourth-order valence-corrected chi connectivity index (χ4v) is 3.69. The highest BCUT2D eigenvalue weighted by Gasteiger charge is 2.57. The van der Waals surface area contributed by atoms with Gasteiger partial charge in [-0.1, -0.05) is 70.6 Å². The van der Waals surface area contributed by atoms with Gasteiger partial charge in [0.05, 0.1) is 20.5 Å². The van der Waals surface area contributed by atoms with Crippen molar-refractivity contribution in [1.29, 1.82) is 0 Å². The third-order valence-corrected chi connectivity index (χ3v) is 5.60. The van der Waals surface area contributed by atoms with Crippen LogP contribution >= 0.6 is 0 Å². The number of rotatable bonds is 13. The number of ketones is 1. The molecule has 1 saturated heterocycles. The number of ether oxygens (including phenoxy) is 1. The van der Waals surface area contributed by atoms with E-state index < -0.39 is 17.8 Å². The number of quaternary nitrogens is 1. The summed E-state index contributed by atoms with van der Waals surface area (Å²) in [4.78, 5) is 24.6. The summed E-state index contributed by atoms with van der Waals surface area (Å²) in [7, 11) is 3.49. The Morgan fingerprint density at radius 3 is 2.28 bits per heavy atom. The van der Waals surface area contributed by atoms with E-state index in [1.54, 1.807) is 26.2 Å². The van der Waals surface area contributed by atoms with Gasteiger partial charge in [-0.05, 0) is 18.9 Å². The zero-order valence-electron chi connectivity index (χ0n) is 18.5. The number of allylic oxidation sites excluding steroid dienone is 1. The lowest BCUT2D eigenvalue weighted by molar-refractivity contribution is -0.990. The molecule has 1 heterocycles. The lowest BCUT2D eigenvalue weighted by atomic mass is 9.94. The summed E-state index contributed by atoms with van der Waals surface area (Å²) in [5, 5.41) is 11.3. The number of hydrogen-bond acceptors (Lipinski definition) is 4. The van der Waals surface area contributed by atoms with Crippen LogP contribution in [0.4, 0.5) is 0 Å². The minimum absolute atomic E-state index is 0. The SMILES string of the molecule is C=CC[N+](C)(C)C1(O)OC(=O)CCC(=O)C1C=CCCCCCCCCCC.[Cl-]. The molecule has 0 aromatic rings. The Hall–Kier alpha value is -1.17. The number of carbonyl (C=O) groups is 2. The Morgan fingerprint density at radius 2 is 1.69 bits per heavy atom. The molecule has 1 aliphatic rings. The van der Waals surface area contributed by atoms with Crippen molar-refractivity contribution in [2.45, 2.75) is 83.5 Å². The van der Waals surface area contributed by atoms with Crippen molar-refractivity contribution in [2.24, 2.45) is 5.92 Å². The number of aliphatic hydroxyl groups is 1. The van der Waals surface area contributed by atoms with Crippen molar-refractivity contribution >= 4 is 11.8 Å².